The fraction of sp³-hybridized carbons (Fsp3) is 0.192. The molecule has 1 aliphatic heterocycles. The molecule has 9 heteroatoms. The number of amides is 1. The summed E-state index contributed by atoms with van der Waals surface area (Å²) in [6.45, 7) is 2.78. The second-order valence-electron chi connectivity index (χ2n) is 8.53. The molecule has 1 fully saturated rings. The predicted octanol–water partition coefficient (Wildman–Crippen LogP) is 3.91. The maximum atomic E-state index is 13.1. The number of anilines is 1. The Morgan fingerprint density at radius 1 is 0.971 bits per heavy atom. The van der Waals surface area contributed by atoms with Crippen LogP contribution in [0.5, 0.6) is 0 Å². The standard InChI is InChI=1S/C26H22ClN5O3/c27-18-4-1-5-19(16-18)29-12-14-30(15-13-29)26(34)23-9-8-20(35-23)17-32-24-21(6-2-10-28-24)31-11-3-7-22(31)25(32)33/h1-11,16H,12-15,17H2. The van der Waals surface area contributed by atoms with Crippen molar-refractivity contribution in [2.75, 3.05) is 31.1 Å². The van der Waals surface area contributed by atoms with Crippen molar-refractivity contribution >= 4 is 39.9 Å². The van der Waals surface area contributed by atoms with Gasteiger partial charge in [0.05, 0.1) is 12.1 Å². The number of aromatic nitrogens is 3. The van der Waals surface area contributed by atoms with Crippen molar-refractivity contribution in [1.82, 2.24) is 18.9 Å². The molecule has 176 valence electrons. The number of fused-ring (bicyclic) bond motifs is 3. The van der Waals surface area contributed by atoms with Crippen molar-refractivity contribution in [1.29, 1.82) is 0 Å². The third kappa shape index (κ3) is 3.85. The van der Waals surface area contributed by atoms with Gasteiger partial charge < -0.3 is 18.6 Å². The summed E-state index contributed by atoms with van der Waals surface area (Å²) in [6.07, 6.45) is 3.51. The van der Waals surface area contributed by atoms with Crippen LogP contribution in [0.4, 0.5) is 5.69 Å². The zero-order valence-electron chi connectivity index (χ0n) is 18.8. The van der Waals surface area contributed by atoms with E-state index in [1.54, 1.807) is 33.9 Å². The lowest BCUT2D eigenvalue weighted by Gasteiger charge is -2.35. The molecule has 6 rings (SSSR count). The molecule has 5 heterocycles. The van der Waals surface area contributed by atoms with Gasteiger partial charge in [0.15, 0.2) is 11.4 Å². The van der Waals surface area contributed by atoms with E-state index < -0.39 is 0 Å². The molecule has 5 aromatic rings. The Bertz CT molecular complexity index is 1610. The molecule has 0 saturated carbocycles. The number of rotatable bonds is 4. The number of nitrogens with zero attached hydrogens (tertiary/aromatic N) is 5. The number of hydrogen-bond acceptors (Lipinski definition) is 5. The largest absolute Gasteiger partial charge is 0.454 e. The number of piperazine rings is 1. The lowest BCUT2D eigenvalue weighted by Crippen LogP contribution is -2.48. The van der Waals surface area contributed by atoms with E-state index >= 15 is 0 Å². The number of hydrogen-bond donors (Lipinski definition) is 0. The molecule has 0 bridgehead atoms. The van der Waals surface area contributed by atoms with E-state index in [1.807, 2.05) is 53.1 Å². The van der Waals surface area contributed by atoms with Gasteiger partial charge in [0.1, 0.15) is 11.3 Å². The average Bonchev–Trinajstić information content (AvgIpc) is 3.57. The van der Waals surface area contributed by atoms with Crippen LogP contribution in [0.1, 0.15) is 16.3 Å². The van der Waals surface area contributed by atoms with Crippen LogP contribution < -0.4 is 10.5 Å². The molecule has 0 radical (unpaired) electrons. The van der Waals surface area contributed by atoms with E-state index in [0.29, 0.717) is 48.1 Å². The molecule has 8 nitrogen and oxygen atoms in total. The van der Waals surface area contributed by atoms with Crippen LogP contribution in [-0.2, 0) is 6.54 Å². The van der Waals surface area contributed by atoms with Gasteiger partial charge in [0.2, 0.25) is 0 Å². The SMILES string of the molecule is O=C(c1ccc(Cn2c(=O)c3cccn3c3cccnc32)o1)N1CCN(c2cccc(Cl)c2)CC1. The summed E-state index contributed by atoms with van der Waals surface area (Å²) in [5.74, 6) is 0.639. The Hall–Kier alpha value is -4.04. The monoisotopic (exact) mass is 487 g/mol. The van der Waals surface area contributed by atoms with Gasteiger partial charge in [-0.3, -0.25) is 14.2 Å². The highest BCUT2D eigenvalue weighted by molar-refractivity contribution is 6.30. The first-order chi connectivity index (χ1) is 17.1. The molecule has 1 saturated heterocycles. The lowest BCUT2D eigenvalue weighted by atomic mass is 10.2. The zero-order chi connectivity index (χ0) is 23.9. The predicted molar refractivity (Wildman–Crippen MR) is 134 cm³/mol. The Kier molecular flexibility index (Phi) is 5.30. The van der Waals surface area contributed by atoms with Crippen molar-refractivity contribution in [2.45, 2.75) is 6.54 Å². The lowest BCUT2D eigenvalue weighted by molar-refractivity contribution is 0.0712. The first-order valence-electron chi connectivity index (χ1n) is 11.4. The molecule has 1 aromatic carbocycles. The van der Waals surface area contributed by atoms with Crippen LogP contribution in [0.2, 0.25) is 5.02 Å². The van der Waals surface area contributed by atoms with Gasteiger partial charge in [0, 0.05) is 49.3 Å². The van der Waals surface area contributed by atoms with Crippen LogP contribution >= 0.6 is 11.6 Å². The van der Waals surface area contributed by atoms with Crippen molar-refractivity contribution in [2.24, 2.45) is 0 Å². The van der Waals surface area contributed by atoms with Crippen LogP contribution in [0.25, 0.3) is 16.7 Å². The number of carbonyl (C=O) groups excluding carboxylic acids is 1. The Labute approximate surface area is 205 Å². The molecule has 0 N–H and O–H groups in total. The Morgan fingerprint density at radius 2 is 1.80 bits per heavy atom. The summed E-state index contributed by atoms with van der Waals surface area (Å²) in [5.41, 5.74) is 2.83. The van der Waals surface area contributed by atoms with Gasteiger partial charge in [-0.25, -0.2) is 4.98 Å². The van der Waals surface area contributed by atoms with Gasteiger partial charge in [-0.2, -0.15) is 0 Å². The number of pyridine rings is 1. The van der Waals surface area contributed by atoms with Crippen molar-refractivity contribution in [3.8, 4) is 0 Å². The minimum Gasteiger partial charge on any atom is -0.454 e. The van der Waals surface area contributed by atoms with Gasteiger partial charge >= 0.3 is 0 Å². The van der Waals surface area contributed by atoms with Crippen LogP contribution in [0, 0.1) is 0 Å². The molecule has 1 aliphatic rings. The van der Waals surface area contributed by atoms with E-state index in [-0.39, 0.29) is 23.8 Å². The highest BCUT2D eigenvalue weighted by atomic mass is 35.5. The topological polar surface area (TPSA) is 76.0 Å². The third-order valence-electron chi connectivity index (χ3n) is 6.42. The second kappa shape index (κ2) is 8.63. The van der Waals surface area contributed by atoms with E-state index in [0.717, 1.165) is 11.2 Å². The minimum absolute atomic E-state index is 0.153. The molecule has 4 aromatic heterocycles. The summed E-state index contributed by atoms with van der Waals surface area (Å²) >= 11 is 6.12. The van der Waals surface area contributed by atoms with Crippen LogP contribution in [0.15, 0.2) is 82.3 Å². The molecule has 0 spiro atoms. The molecule has 0 aliphatic carbocycles. The zero-order valence-corrected chi connectivity index (χ0v) is 19.6. The highest BCUT2D eigenvalue weighted by Gasteiger charge is 2.25. The van der Waals surface area contributed by atoms with E-state index in [4.69, 9.17) is 16.0 Å². The Balaban J connectivity index is 1.21. The highest BCUT2D eigenvalue weighted by Crippen LogP contribution is 2.22. The maximum Gasteiger partial charge on any atom is 0.289 e. The first-order valence-corrected chi connectivity index (χ1v) is 11.8. The molecule has 0 unspecified atom stereocenters. The number of furan rings is 1. The summed E-state index contributed by atoms with van der Waals surface area (Å²) in [4.78, 5) is 34.7. The summed E-state index contributed by atoms with van der Waals surface area (Å²) < 4.78 is 9.33. The summed E-state index contributed by atoms with van der Waals surface area (Å²) in [6, 6.07) is 18.5. The first kappa shape index (κ1) is 21.5. The van der Waals surface area contributed by atoms with Gasteiger partial charge in [-0.15, -0.1) is 0 Å². The van der Waals surface area contributed by atoms with Gasteiger partial charge in [-0.1, -0.05) is 17.7 Å². The second-order valence-corrected chi connectivity index (χ2v) is 8.96. The van der Waals surface area contributed by atoms with Crippen molar-refractivity contribution < 1.29 is 9.21 Å². The van der Waals surface area contributed by atoms with Gasteiger partial charge in [0.25, 0.3) is 11.5 Å². The third-order valence-corrected chi connectivity index (χ3v) is 6.66. The number of halogens is 1. The van der Waals surface area contributed by atoms with Crippen LogP contribution in [0.3, 0.4) is 0 Å². The van der Waals surface area contributed by atoms with Crippen LogP contribution in [-0.4, -0.2) is 50.9 Å². The van der Waals surface area contributed by atoms with E-state index in [9.17, 15) is 9.59 Å². The smallest absolute Gasteiger partial charge is 0.289 e. The number of benzene rings is 1. The minimum atomic E-state index is -0.164. The molecule has 1 amide bonds. The molecular formula is C26H22ClN5O3. The summed E-state index contributed by atoms with van der Waals surface area (Å²) in [7, 11) is 0. The van der Waals surface area contributed by atoms with Gasteiger partial charge in [-0.05, 0) is 54.6 Å². The van der Waals surface area contributed by atoms with Crippen molar-refractivity contribution in [3.05, 3.63) is 100.0 Å². The maximum absolute atomic E-state index is 13.1. The molecular weight excluding hydrogens is 466 g/mol. The molecule has 0 atom stereocenters. The average molecular weight is 488 g/mol. The number of carbonyl (C=O) groups is 1. The van der Waals surface area contributed by atoms with E-state index in [1.165, 1.54) is 0 Å². The fourth-order valence-electron chi connectivity index (χ4n) is 4.66. The van der Waals surface area contributed by atoms with E-state index in [2.05, 4.69) is 9.88 Å². The fourth-order valence-corrected chi connectivity index (χ4v) is 4.85. The van der Waals surface area contributed by atoms with Crippen molar-refractivity contribution in [3.63, 3.8) is 0 Å². The molecule has 35 heavy (non-hydrogen) atoms. The quantitative estimate of drug-likeness (QED) is 0.384. The normalized spacial score (nSPS) is 14.2. The Morgan fingerprint density at radius 3 is 2.63 bits per heavy atom. The summed E-state index contributed by atoms with van der Waals surface area (Å²) in [5, 5.41) is 0.697.